The molecule has 0 atom stereocenters. The second kappa shape index (κ2) is 5.52. The maximum atomic E-state index is 12.2. The van der Waals surface area contributed by atoms with E-state index >= 15 is 0 Å². The summed E-state index contributed by atoms with van der Waals surface area (Å²) in [7, 11) is 0.553. The van der Waals surface area contributed by atoms with E-state index in [1.54, 1.807) is 24.3 Å². The third-order valence-electron chi connectivity index (χ3n) is 3.25. The number of nitrogens with zero attached hydrogens (tertiary/aromatic N) is 2. The Morgan fingerprint density at radius 2 is 1.67 bits per heavy atom. The number of benzene rings is 1. The average molecular weight is 248 g/mol. The zero-order valence-electron chi connectivity index (χ0n) is 10.4. The minimum Gasteiger partial charge on any atom is -0.423 e. The molecule has 0 radical (unpaired) electrons. The molecule has 0 aliphatic carbocycles. The molecule has 0 bridgehead atoms. The molecule has 96 valence electrons. The Morgan fingerprint density at radius 3 is 2.17 bits per heavy atom. The molecular weight excluding hydrogens is 231 g/mol. The van der Waals surface area contributed by atoms with Crippen molar-refractivity contribution in [1.82, 2.24) is 9.80 Å². The average Bonchev–Trinajstić information content (AvgIpc) is 2.39. The van der Waals surface area contributed by atoms with Gasteiger partial charge in [-0.15, -0.1) is 0 Å². The summed E-state index contributed by atoms with van der Waals surface area (Å²) in [4.78, 5) is 16.2. The van der Waals surface area contributed by atoms with Crippen LogP contribution in [0.15, 0.2) is 24.3 Å². The smallest absolute Gasteiger partial charge is 0.423 e. The van der Waals surface area contributed by atoms with Gasteiger partial charge in [-0.3, -0.25) is 4.79 Å². The van der Waals surface area contributed by atoms with Crippen molar-refractivity contribution in [3.63, 3.8) is 0 Å². The highest BCUT2D eigenvalue weighted by molar-refractivity contribution is 6.58. The van der Waals surface area contributed by atoms with Crippen molar-refractivity contribution < 1.29 is 14.8 Å². The van der Waals surface area contributed by atoms with Gasteiger partial charge >= 0.3 is 7.12 Å². The first kappa shape index (κ1) is 13.1. The predicted octanol–water partition coefficient (Wildman–Crippen LogP) is -1.25. The third kappa shape index (κ3) is 2.90. The Bertz CT molecular complexity index is 414. The lowest BCUT2D eigenvalue weighted by atomic mass is 9.80. The minimum atomic E-state index is -1.49. The molecule has 1 amide bonds. The molecule has 1 aliphatic rings. The highest BCUT2D eigenvalue weighted by atomic mass is 16.4. The molecule has 1 heterocycles. The van der Waals surface area contributed by atoms with Crippen LogP contribution in [0.25, 0.3) is 0 Å². The van der Waals surface area contributed by atoms with Crippen LogP contribution in [-0.4, -0.2) is 66.1 Å². The number of hydrogen-bond donors (Lipinski definition) is 2. The van der Waals surface area contributed by atoms with Crippen LogP contribution in [0.2, 0.25) is 0 Å². The molecule has 18 heavy (non-hydrogen) atoms. The molecular formula is C12H17BN2O3. The van der Waals surface area contributed by atoms with Crippen LogP contribution in [0.5, 0.6) is 0 Å². The number of likely N-dealkylation sites (N-methyl/N-ethyl adjacent to an activating group) is 1. The van der Waals surface area contributed by atoms with Gasteiger partial charge < -0.3 is 19.8 Å². The molecule has 6 heteroatoms. The molecule has 1 saturated heterocycles. The van der Waals surface area contributed by atoms with Gasteiger partial charge in [0.2, 0.25) is 0 Å². The van der Waals surface area contributed by atoms with Gasteiger partial charge in [0.25, 0.3) is 5.91 Å². The van der Waals surface area contributed by atoms with Gasteiger partial charge in [-0.05, 0) is 24.6 Å². The van der Waals surface area contributed by atoms with E-state index in [-0.39, 0.29) is 5.91 Å². The van der Waals surface area contributed by atoms with E-state index in [2.05, 4.69) is 4.90 Å². The lowest BCUT2D eigenvalue weighted by molar-refractivity contribution is 0.0664. The lowest BCUT2D eigenvalue weighted by Crippen LogP contribution is -2.47. The van der Waals surface area contributed by atoms with E-state index in [9.17, 15) is 4.79 Å². The van der Waals surface area contributed by atoms with Gasteiger partial charge in [-0.1, -0.05) is 12.1 Å². The van der Waals surface area contributed by atoms with E-state index in [0.717, 1.165) is 26.2 Å². The standard InChI is InChI=1S/C12H17BN2O3/c1-14-6-8-15(9-7-14)12(16)10-2-4-11(5-3-10)13(17)18/h2-5,17-18H,6-9H2,1H3. The van der Waals surface area contributed by atoms with E-state index in [1.807, 2.05) is 11.9 Å². The SMILES string of the molecule is CN1CCN(C(=O)c2ccc(B(O)O)cc2)CC1. The quantitative estimate of drug-likeness (QED) is 0.642. The first-order valence-corrected chi connectivity index (χ1v) is 6.02. The van der Waals surface area contributed by atoms with E-state index in [0.29, 0.717) is 11.0 Å². The van der Waals surface area contributed by atoms with Crippen LogP contribution >= 0.6 is 0 Å². The number of carbonyl (C=O) groups is 1. The highest BCUT2D eigenvalue weighted by Gasteiger charge is 2.20. The van der Waals surface area contributed by atoms with E-state index in [4.69, 9.17) is 10.0 Å². The van der Waals surface area contributed by atoms with Crippen molar-refractivity contribution in [2.24, 2.45) is 0 Å². The number of carbonyl (C=O) groups excluding carboxylic acids is 1. The topological polar surface area (TPSA) is 64.0 Å². The summed E-state index contributed by atoms with van der Waals surface area (Å²) in [5.41, 5.74) is 0.980. The van der Waals surface area contributed by atoms with Crippen LogP contribution < -0.4 is 5.46 Å². The van der Waals surface area contributed by atoms with Crippen LogP contribution in [0, 0.1) is 0 Å². The Labute approximate surface area is 107 Å². The normalized spacial score (nSPS) is 16.7. The first-order valence-electron chi connectivity index (χ1n) is 6.02. The lowest BCUT2D eigenvalue weighted by Gasteiger charge is -2.32. The van der Waals surface area contributed by atoms with Crippen molar-refractivity contribution in [3.8, 4) is 0 Å². The monoisotopic (exact) mass is 248 g/mol. The summed E-state index contributed by atoms with van der Waals surface area (Å²) in [6.45, 7) is 3.25. The van der Waals surface area contributed by atoms with Crippen molar-refractivity contribution in [3.05, 3.63) is 29.8 Å². The second-order valence-electron chi connectivity index (χ2n) is 4.59. The Hall–Kier alpha value is -1.37. The zero-order chi connectivity index (χ0) is 13.1. The molecule has 0 aromatic heterocycles. The molecule has 1 aromatic rings. The van der Waals surface area contributed by atoms with Crippen molar-refractivity contribution in [1.29, 1.82) is 0 Å². The fraction of sp³-hybridized carbons (Fsp3) is 0.417. The van der Waals surface area contributed by atoms with Crippen LogP contribution in [0.1, 0.15) is 10.4 Å². The van der Waals surface area contributed by atoms with Gasteiger partial charge in [0, 0.05) is 31.7 Å². The van der Waals surface area contributed by atoms with Crippen LogP contribution in [0.3, 0.4) is 0 Å². The fourth-order valence-corrected chi connectivity index (χ4v) is 1.99. The number of hydrogen-bond acceptors (Lipinski definition) is 4. The van der Waals surface area contributed by atoms with Gasteiger partial charge in [0.1, 0.15) is 0 Å². The fourth-order valence-electron chi connectivity index (χ4n) is 1.99. The molecule has 1 fully saturated rings. The van der Waals surface area contributed by atoms with Crippen LogP contribution in [0.4, 0.5) is 0 Å². The predicted molar refractivity (Wildman–Crippen MR) is 69.7 cm³/mol. The van der Waals surface area contributed by atoms with Gasteiger partial charge in [0.15, 0.2) is 0 Å². The number of rotatable bonds is 2. The molecule has 5 nitrogen and oxygen atoms in total. The van der Waals surface area contributed by atoms with Crippen LogP contribution in [-0.2, 0) is 0 Å². The molecule has 2 N–H and O–H groups in total. The molecule has 1 aromatic carbocycles. The van der Waals surface area contributed by atoms with Gasteiger partial charge in [0.05, 0.1) is 0 Å². The Balaban J connectivity index is 2.04. The summed E-state index contributed by atoms with van der Waals surface area (Å²) in [6, 6.07) is 6.40. The summed E-state index contributed by atoms with van der Waals surface area (Å²) in [6.07, 6.45) is 0. The Kier molecular flexibility index (Phi) is 4.01. The summed E-state index contributed by atoms with van der Waals surface area (Å²) >= 11 is 0. The number of amides is 1. The first-order chi connectivity index (χ1) is 8.58. The Morgan fingerprint density at radius 1 is 1.11 bits per heavy atom. The summed E-state index contributed by atoms with van der Waals surface area (Å²) in [5.74, 6) is 0.00193. The second-order valence-corrected chi connectivity index (χ2v) is 4.59. The summed E-state index contributed by atoms with van der Waals surface area (Å²) < 4.78 is 0. The molecule has 0 saturated carbocycles. The van der Waals surface area contributed by atoms with Gasteiger partial charge in [-0.25, -0.2) is 0 Å². The summed E-state index contributed by atoms with van der Waals surface area (Å²) in [5, 5.41) is 18.0. The van der Waals surface area contributed by atoms with Crippen molar-refractivity contribution >= 4 is 18.5 Å². The highest BCUT2D eigenvalue weighted by Crippen LogP contribution is 2.07. The largest absolute Gasteiger partial charge is 0.488 e. The number of piperazine rings is 1. The van der Waals surface area contributed by atoms with Crippen molar-refractivity contribution in [2.45, 2.75) is 0 Å². The maximum Gasteiger partial charge on any atom is 0.488 e. The van der Waals surface area contributed by atoms with E-state index < -0.39 is 7.12 Å². The molecule has 1 aliphatic heterocycles. The molecule has 0 unspecified atom stereocenters. The zero-order valence-corrected chi connectivity index (χ0v) is 10.4. The molecule has 0 spiro atoms. The van der Waals surface area contributed by atoms with E-state index in [1.165, 1.54) is 0 Å². The minimum absolute atomic E-state index is 0.00193. The third-order valence-corrected chi connectivity index (χ3v) is 3.25. The molecule has 2 rings (SSSR count). The maximum absolute atomic E-state index is 12.2. The van der Waals surface area contributed by atoms with Crippen molar-refractivity contribution in [2.75, 3.05) is 33.2 Å². The van der Waals surface area contributed by atoms with Gasteiger partial charge in [-0.2, -0.15) is 0 Å².